The number of rotatable bonds is 7. The number of carboxylic acid groups (broad SMARTS) is 1. The number of aryl methyl sites for hydroxylation is 1. The molecule has 6 nitrogen and oxygen atoms in total. The van der Waals surface area contributed by atoms with Crippen LogP contribution in [0.1, 0.15) is 60.2 Å². The molecule has 0 radical (unpaired) electrons. The SMILES string of the molecule is Cc1ccc2oc(Cn3ccc4cncc(C(=O)CC5(C67CC(C(=O)O)(C6)C7)CC5)c43)cc2c1. The zero-order valence-corrected chi connectivity index (χ0v) is 19.1. The Morgan fingerprint density at radius 1 is 1.09 bits per heavy atom. The molecule has 3 aromatic heterocycles. The predicted molar refractivity (Wildman–Crippen MR) is 127 cm³/mol. The largest absolute Gasteiger partial charge is 0.481 e. The van der Waals surface area contributed by atoms with Gasteiger partial charge >= 0.3 is 5.97 Å². The molecule has 2 bridgehead atoms. The number of furan rings is 1. The number of benzene rings is 1. The highest BCUT2D eigenvalue weighted by atomic mass is 16.4. The highest BCUT2D eigenvalue weighted by Crippen LogP contribution is 2.85. The molecular formula is C28H26N2O4. The first-order valence-electron chi connectivity index (χ1n) is 12.0. The summed E-state index contributed by atoms with van der Waals surface area (Å²) in [4.78, 5) is 29.5. The molecule has 0 atom stereocenters. The molecular weight excluding hydrogens is 428 g/mol. The Balaban J connectivity index is 1.18. The van der Waals surface area contributed by atoms with E-state index in [4.69, 9.17) is 4.42 Å². The van der Waals surface area contributed by atoms with Crippen molar-refractivity contribution in [1.29, 1.82) is 0 Å². The molecule has 4 aromatic rings. The summed E-state index contributed by atoms with van der Waals surface area (Å²) < 4.78 is 8.15. The highest BCUT2D eigenvalue weighted by Gasteiger charge is 2.80. The van der Waals surface area contributed by atoms with Crippen LogP contribution in [0, 0.1) is 23.2 Å². The average Bonchev–Trinajstić information content (AvgIpc) is 3.21. The fourth-order valence-electron chi connectivity index (χ4n) is 6.98. The van der Waals surface area contributed by atoms with Gasteiger partial charge in [0.2, 0.25) is 0 Å². The van der Waals surface area contributed by atoms with Crippen molar-refractivity contribution in [2.75, 3.05) is 0 Å². The summed E-state index contributed by atoms with van der Waals surface area (Å²) >= 11 is 0. The number of carbonyl (C=O) groups excluding carboxylic acids is 1. The normalized spacial score (nSPS) is 26.3. The Labute approximate surface area is 196 Å². The minimum Gasteiger partial charge on any atom is -0.481 e. The summed E-state index contributed by atoms with van der Waals surface area (Å²) in [6, 6.07) is 10.2. The minimum atomic E-state index is -0.663. The Hall–Kier alpha value is -3.41. The maximum atomic E-state index is 13.6. The Morgan fingerprint density at radius 3 is 2.62 bits per heavy atom. The van der Waals surface area contributed by atoms with Gasteiger partial charge in [-0.15, -0.1) is 0 Å². The molecule has 8 rings (SSSR count). The number of hydrogen-bond donors (Lipinski definition) is 1. The third kappa shape index (κ3) is 2.59. The van der Waals surface area contributed by atoms with Gasteiger partial charge in [0, 0.05) is 35.8 Å². The monoisotopic (exact) mass is 454 g/mol. The topological polar surface area (TPSA) is 85.3 Å². The number of pyridine rings is 1. The van der Waals surface area contributed by atoms with Crippen molar-refractivity contribution in [2.24, 2.45) is 16.2 Å². The van der Waals surface area contributed by atoms with Gasteiger partial charge in [-0.1, -0.05) is 11.6 Å². The molecule has 0 aliphatic heterocycles. The van der Waals surface area contributed by atoms with Crippen LogP contribution in [0.15, 0.2) is 53.3 Å². The smallest absolute Gasteiger partial charge is 0.309 e. The molecule has 0 unspecified atom stereocenters. The molecule has 0 saturated heterocycles. The van der Waals surface area contributed by atoms with E-state index in [1.54, 1.807) is 12.4 Å². The van der Waals surface area contributed by atoms with Crippen LogP contribution < -0.4 is 0 Å². The molecule has 4 fully saturated rings. The number of fused-ring (bicyclic) bond motifs is 2. The lowest BCUT2D eigenvalue weighted by molar-refractivity contribution is -0.248. The maximum Gasteiger partial charge on any atom is 0.309 e. The van der Waals surface area contributed by atoms with Crippen LogP contribution in [0.4, 0.5) is 0 Å². The van der Waals surface area contributed by atoms with Crippen LogP contribution in [-0.2, 0) is 11.3 Å². The summed E-state index contributed by atoms with van der Waals surface area (Å²) in [5, 5.41) is 11.5. The zero-order chi connectivity index (χ0) is 23.3. The van der Waals surface area contributed by atoms with Crippen molar-refractivity contribution >= 4 is 33.6 Å². The van der Waals surface area contributed by atoms with Crippen LogP contribution in [0.3, 0.4) is 0 Å². The number of carboxylic acids is 1. The molecule has 4 aliphatic rings. The van der Waals surface area contributed by atoms with Crippen molar-refractivity contribution in [3.63, 3.8) is 0 Å². The summed E-state index contributed by atoms with van der Waals surface area (Å²) in [5.41, 5.74) is 3.15. The second kappa shape index (κ2) is 6.38. The summed E-state index contributed by atoms with van der Waals surface area (Å²) in [7, 11) is 0. The Bertz CT molecular complexity index is 1500. The van der Waals surface area contributed by atoms with Crippen LogP contribution in [0.5, 0.6) is 0 Å². The fraction of sp³-hybridized carbons (Fsp3) is 0.393. The van der Waals surface area contributed by atoms with E-state index < -0.39 is 11.4 Å². The van der Waals surface area contributed by atoms with Gasteiger partial charge in [-0.25, -0.2) is 0 Å². The molecule has 0 amide bonds. The van der Waals surface area contributed by atoms with E-state index in [1.165, 1.54) is 5.56 Å². The van der Waals surface area contributed by atoms with Gasteiger partial charge < -0.3 is 14.1 Å². The number of aliphatic carboxylic acids is 1. The van der Waals surface area contributed by atoms with E-state index in [9.17, 15) is 14.7 Å². The van der Waals surface area contributed by atoms with Gasteiger partial charge in [-0.3, -0.25) is 14.6 Å². The molecule has 1 N–H and O–H groups in total. The number of nitrogens with zero attached hydrogens (tertiary/aromatic N) is 2. The lowest BCUT2D eigenvalue weighted by Gasteiger charge is -2.72. The molecule has 172 valence electrons. The number of ketones is 1. The van der Waals surface area contributed by atoms with Gasteiger partial charge in [-0.05, 0) is 74.1 Å². The molecule has 4 saturated carbocycles. The molecule has 1 aromatic carbocycles. The lowest BCUT2D eigenvalue weighted by Crippen LogP contribution is -2.69. The highest BCUT2D eigenvalue weighted by molar-refractivity contribution is 6.07. The molecule has 3 heterocycles. The number of hydrogen-bond acceptors (Lipinski definition) is 4. The van der Waals surface area contributed by atoms with E-state index in [0.717, 1.165) is 59.7 Å². The molecule has 6 heteroatoms. The quantitative estimate of drug-likeness (QED) is 0.360. The van der Waals surface area contributed by atoms with Crippen LogP contribution in [0.2, 0.25) is 0 Å². The summed E-state index contributed by atoms with van der Waals surface area (Å²) in [6.07, 6.45) is 10.3. The summed E-state index contributed by atoms with van der Waals surface area (Å²) in [6.45, 7) is 2.61. The van der Waals surface area contributed by atoms with Gasteiger partial charge in [0.25, 0.3) is 0 Å². The summed E-state index contributed by atoms with van der Waals surface area (Å²) in [5.74, 6) is 0.300. The van der Waals surface area contributed by atoms with E-state index in [1.807, 2.05) is 24.4 Å². The van der Waals surface area contributed by atoms with E-state index in [-0.39, 0.29) is 16.6 Å². The Kier molecular flexibility index (Phi) is 3.75. The second-order valence-corrected chi connectivity index (χ2v) is 11.1. The van der Waals surface area contributed by atoms with Gasteiger partial charge in [0.05, 0.1) is 23.0 Å². The third-order valence-electron chi connectivity index (χ3n) is 8.98. The van der Waals surface area contributed by atoms with Crippen LogP contribution in [0.25, 0.3) is 21.9 Å². The van der Waals surface area contributed by atoms with Crippen molar-refractivity contribution in [3.8, 4) is 0 Å². The minimum absolute atomic E-state index is 0.0164. The number of Topliss-reactive ketones (excluding diaryl/α,β-unsaturated/α-hetero) is 1. The standard InChI is InChI=1S/C28H26N2O4/c1-17-2-3-23-19(8-17)9-20(34-23)13-30-7-4-18-11-29-12-21(24(18)30)22(31)10-27(5-6-27)28-14-26(15-28,16-28)25(32)33/h2-4,7-9,11-12H,5-6,10,13-16H2,1H3,(H,32,33). The third-order valence-corrected chi connectivity index (χ3v) is 8.98. The molecule has 0 spiro atoms. The zero-order valence-electron chi connectivity index (χ0n) is 19.1. The Morgan fingerprint density at radius 2 is 1.88 bits per heavy atom. The second-order valence-electron chi connectivity index (χ2n) is 11.1. The lowest BCUT2D eigenvalue weighted by atomic mass is 9.30. The van der Waals surface area contributed by atoms with Crippen molar-refractivity contribution in [1.82, 2.24) is 9.55 Å². The number of carbonyl (C=O) groups is 2. The van der Waals surface area contributed by atoms with E-state index >= 15 is 0 Å². The van der Waals surface area contributed by atoms with Gasteiger partial charge in [0.1, 0.15) is 11.3 Å². The predicted octanol–water partition coefficient (Wildman–Crippen LogP) is 5.75. The fourth-order valence-corrected chi connectivity index (χ4v) is 6.98. The molecule has 4 aliphatic carbocycles. The van der Waals surface area contributed by atoms with Gasteiger partial charge in [-0.2, -0.15) is 0 Å². The van der Waals surface area contributed by atoms with Gasteiger partial charge in [0.15, 0.2) is 5.78 Å². The van der Waals surface area contributed by atoms with Crippen molar-refractivity contribution < 1.29 is 19.1 Å². The number of aromatic nitrogens is 2. The average molecular weight is 455 g/mol. The maximum absolute atomic E-state index is 13.6. The van der Waals surface area contributed by atoms with Crippen LogP contribution in [-0.4, -0.2) is 26.4 Å². The first-order chi connectivity index (χ1) is 16.3. The first kappa shape index (κ1) is 20.0. The van der Waals surface area contributed by atoms with Crippen molar-refractivity contribution in [2.45, 2.75) is 52.0 Å². The van der Waals surface area contributed by atoms with E-state index in [0.29, 0.717) is 18.5 Å². The van der Waals surface area contributed by atoms with Crippen molar-refractivity contribution in [3.05, 3.63) is 65.8 Å². The van der Waals surface area contributed by atoms with E-state index in [2.05, 4.69) is 28.6 Å². The van der Waals surface area contributed by atoms with Crippen LogP contribution >= 0.6 is 0 Å². The molecule has 34 heavy (non-hydrogen) atoms. The first-order valence-corrected chi connectivity index (χ1v) is 12.0.